The first kappa shape index (κ1) is 40.3. The van der Waals surface area contributed by atoms with Gasteiger partial charge in [-0.1, -0.05) is 45.7 Å². The maximum atomic E-state index is 13.4. The zero-order valence-electron chi connectivity index (χ0n) is 30.8. The number of alkyl carbamates (subject to hydrolysis) is 2. The Kier molecular flexibility index (Phi) is 13.9. The highest BCUT2D eigenvalue weighted by atomic mass is 35.5. The molecule has 53 heavy (non-hydrogen) atoms. The van der Waals surface area contributed by atoms with Crippen LogP contribution in [0.15, 0.2) is 36.7 Å². The van der Waals surface area contributed by atoms with E-state index in [0.717, 1.165) is 42.5 Å². The average molecular weight is 747 g/mol. The summed E-state index contributed by atoms with van der Waals surface area (Å²) in [7, 11) is 2.55. The molecule has 4 atom stereocenters. The lowest BCUT2D eigenvalue weighted by molar-refractivity contribution is -0.136. The van der Waals surface area contributed by atoms with Crippen molar-refractivity contribution in [2.45, 2.75) is 77.5 Å². The van der Waals surface area contributed by atoms with E-state index in [-0.39, 0.29) is 48.1 Å². The van der Waals surface area contributed by atoms with Crippen LogP contribution in [0.1, 0.15) is 88.4 Å². The Balaban J connectivity index is 0.00000627. The monoisotopic (exact) mass is 746 g/mol. The van der Waals surface area contributed by atoms with E-state index in [9.17, 15) is 19.2 Å². The first-order valence-electron chi connectivity index (χ1n) is 17.5. The van der Waals surface area contributed by atoms with Crippen LogP contribution in [-0.2, 0) is 19.1 Å². The maximum absolute atomic E-state index is 13.4. The van der Waals surface area contributed by atoms with E-state index in [1.807, 2.05) is 52.0 Å². The molecule has 2 fully saturated rings. The van der Waals surface area contributed by atoms with Crippen LogP contribution in [-0.4, -0.2) is 93.1 Å². The van der Waals surface area contributed by atoms with Crippen LogP contribution < -0.4 is 10.6 Å². The number of benzene rings is 1. The van der Waals surface area contributed by atoms with E-state index < -0.39 is 24.3 Å². The van der Waals surface area contributed by atoms with Gasteiger partial charge in [-0.2, -0.15) is 0 Å². The molecule has 282 valence electrons. The van der Waals surface area contributed by atoms with Crippen molar-refractivity contribution in [2.24, 2.45) is 11.8 Å². The van der Waals surface area contributed by atoms with Gasteiger partial charge in [0.15, 0.2) is 0 Å². The molecule has 4 heterocycles. The summed E-state index contributed by atoms with van der Waals surface area (Å²) in [5.74, 6) is 12.6. The summed E-state index contributed by atoms with van der Waals surface area (Å²) >= 11 is 0. The van der Waals surface area contributed by atoms with Crippen molar-refractivity contribution in [1.82, 2.24) is 40.4 Å². The maximum Gasteiger partial charge on any atom is 0.407 e. The number of hydrogen-bond acceptors (Lipinski definition) is 8. The van der Waals surface area contributed by atoms with Crippen LogP contribution in [0, 0.1) is 35.5 Å². The second-order valence-corrected chi connectivity index (χ2v) is 13.5. The lowest BCUT2D eigenvalue weighted by Crippen LogP contribution is -2.51. The number of H-pyrrole nitrogens is 2. The fraction of sp³-hybridized carbons (Fsp3) is 0.474. The second-order valence-electron chi connectivity index (χ2n) is 13.5. The molecular formula is C38H47ClN8O6. The van der Waals surface area contributed by atoms with Gasteiger partial charge in [0.25, 0.3) is 0 Å². The van der Waals surface area contributed by atoms with Crippen molar-refractivity contribution in [3.8, 4) is 34.9 Å². The minimum atomic E-state index is -0.703. The number of rotatable bonds is 9. The van der Waals surface area contributed by atoms with E-state index >= 15 is 0 Å². The van der Waals surface area contributed by atoms with Gasteiger partial charge in [-0.3, -0.25) is 9.59 Å². The number of likely N-dealkylation sites (tertiary alicyclic amines) is 2. The molecule has 0 spiro atoms. The summed E-state index contributed by atoms with van der Waals surface area (Å²) in [6.07, 6.45) is 5.30. The van der Waals surface area contributed by atoms with E-state index in [4.69, 9.17) is 9.47 Å². The number of aromatic nitrogens is 4. The minimum absolute atomic E-state index is 0. The van der Waals surface area contributed by atoms with Crippen molar-refractivity contribution >= 4 is 36.4 Å². The third kappa shape index (κ3) is 9.70. The smallest absolute Gasteiger partial charge is 0.407 e. The second kappa shape index (κ2) is 18.3. The van der Waals surface area contributed by atoms with Gasteiger partial charge in [-0.25, -0.2) is 19.6 Å². The summed E-state index contributed by atoms with van der Waals surface area (Å²) in [6, 6.07) is 5.84. The molecule has 15 heteroatoms. The molecule has 2 saturated heterocycles. The highest BCUT2D eigenvalue weighted by molar-refractivity contribution is 5.87. The van der Waals surface area contributed by atoms with Crippen LogP contribution in [0.2, 0.25) is 0 Å². The first-order chi connectivity index (χ1) is 25.0. The lowest BCUT2D eigenvalue weighted by Gasteiger charge is -2.30. The summed E-state index contributed by atoms with van der Waals surface area (Å²) in [6.45, 7) is 8.68. The third-order valence-corrected chi connectivity index (χ3v) is 9.34. The zero-order valence-corrected chi connectivity index (χ0v) is 31.6. The summed E-state index contributed by atoms with van der Waals surface area (Å²) in [5, 5.41) is 5.33. The molecule has 4 amide bonds. The molecule has 0 aliphatic carbocycles. The quantitative estimate of drug-likeness (QED) is 0.228. The highest BCUT2D eigenvalue weighted by Crippen LogP contribution is 2.33. The van der Waals surface area contributed by atoms with Crippen LogP contribution >= 0.6 is 12.4 Å². The largest absolute Gasteiger partial charge is 0.453 e. The van der Waals surface area contributed by atoms with Crippen molar-refractivity contribution in [1.29, 1.82) is 0 Å². The summed E-state index contributed by atoms with van der Waals surface area (Å²) in [5.41, 5.74) is 3.11. The standard InChI is InChI=1S/C38H46N8O6.ClH/c1-23(2)31(43-37(49)51-5)35(47)45-19-9-13-29(45)33-39-21-27(41-33)12-8-7-11-25-15-17-26(18-16-25)28-22-40-34(42-28)30-14-10-20-46(30)36(48)32(24(3)4)44-38(50)52-6;/h15-18,21-24,29-32H,9-10,13-14,19-20H2,1-6H3,(H,39,41)(H,40,42)(H,43,49)(H,44,50);1H/t29-,30-,31-,32-;/m0./s1. The molecular weight excluding hydrogens is 700 g/mol. The number of nitrogens with zero attached hydrogens (tertiary/aromatic N) is 4. The van der Waals surface area contributed by atoms with Gasteiger partial charge in [-0.15, -0.1) is 12.4 Å². The number of carbonyl (C=O) groups is 4. The van der Waals surface area contributed by atoms with Crippen LogP contribution in [0.4, 0.5) is 9.59 Å². The molecule has 1 aromatic carbocycles. The van der Waals surface area contributed by atoms with Gasteiger partial charge in [-0.05, 0) is 73.0 Å². The van der Waals surface area contributed by atoms with E-state index in [1.165, 1.54) is 14.2 Å². The Morgan fingerprint density at radius 1 is 0.755 bits per heavy atom. The summed E-state index contributed by atoms with van der Waals surface area (Å²) < 4.78 is 9.44. The Morgan fingerprint density at radius 2 is 1.25 bits per heavy atom. The number of carbonyl (C=O) groups excluding carboxylic acids is 4. The SMILES string of the molecule is COC(=O)N[C@H](C(=O)N1CCC[C@H]1c1ncc(C#CC#Cc2ccc(-c3cnc([C@@H]4CCCN4C(=O)[C@@H](NC(=O)OC)C(C)C)[nH]3)cc2)[nH]1)C(C)C.Cl. The van der Waals surface area contributed by atoms with Gasteiger partial charge >= 0.3 is 12.2 Å². The topological polar surface area (TPSA) is 175 Å². The van der Waals surface area contributed by atoms with Gasteiger partial charge in [0.2, 0.25) is 11.8 Å². The molecule has 2 aliphatic rings. The van der Waals surface area contributed by atoms with Crippen molar-refractivity contribution in [3.63, 3.8) is 0 Å². The Labute approximate surface area is 316 Å². The minimum Gasteiger partial charge on any atom is -0.453 e. The predicted octanol–water partition coefficient (Wildman–Crippen LogP) is 4.71. The van der Waals surface area contributed by atoms with Crippen LogP contribution in [0.5, 0.6) is 0 Å². The molecule has 5 rings (SSSR count). The van der Waals surface area contributed by atoms with E-state index in [1.54, 1.807) is 22.2 Å². The van der Waals surface area contributed by atoms with Gasteiger partial charge in [0.05, 0.1) is 44.4 Å². The molecule has 0 bridgehead atoms. The molecule has 4 N–H and O–H groups in total. The van der Waals surface area contributed by atoms with Gasteiger partial charge in [0.1, 0.15) is 29.4 Å². The number of aromatic amines is 2. The summed E-state index contributed by atoms with van der Waals surface area (Å²) in [4.78, 5) is 69.8. The Morgan fingerprint density at radius 3 is 1.75 bits per heavy atom. The Bertz CT molecular complexity index is 1880. The first-order valence-corrected chi connectivity index (χ1v) is 17.5. The van der Waals surface area contributed by atoms with Crippen molar-refractivity contribution in [3.05, 3.63) is 59.6 Å². The van der Waals surface area contributed by atoms with Crippen molar-refractivity contribution < 1.29 is 28.7 Å². The number of methoxy groups -OCH3 is 2. The molecule has 2 aliphatic heterocycles. The number of nitrogens with one attached hydrogen (secondary N) is 4. The van der Waals surface area contributed by atoms with Gasteiger partial charge < -0.3 is 39.9 Å². The fourth-order valence-corrected chi connectivity index (χ4v) is 6.54. The molecule has 0 unspecified atom stereocenters. The zero-order chi connectivity index (χ0) is 37.4. The molecule has 0 saturated carbocycles. The molecule has 14 nitrogen and oxygen atoms in total. The van der Waals surface area contributed by atoms with E-state index in [0.29, 0.717) is 30.4 Å². The third-order valence-electron chi connectivity index (χ3n) is 9.34. The number of amides is 4. The van der Waals surface area contributed by atoms with Crippen LogP contribution in [0.3, 0.4) is 0 Å². The Hall–Kier alpha value is -5.47. The van der Waals surface area contributed by atoms with E-state index in [2.05, 4.69) is 54.3 Å². The fourth-order valence-electron chi connectivity index (χ4n) is 6.54. The molecule has 2 aromatic heterocycles. The number of halogens is 1. The number of imidazole rings is 2. The molecule has 3 aromatic rings. The van der Waals surface area contributed by atoms with Crippen LogP contribution in [0.25, 0.3) is 11.3 Å². The van der Waals surface area contributed by atoms with Crippen molar-refractivity contribution in [2.75, 3.05) is 27.3 Å². The average Bonchev–Trinajstić information content (AvgIpc) is 3.97. The highest BCUT2D eigenvalue weighted by Gasteiger charge is 2.38. The number of hydrogen-bond donors (Lipinski definition) is 4. The number of ether oxygens (including phenoxy) is 2. The lowest BCUT2D eigenvalue weighted by atomic mass is 10.0. The molecule has 0 radical (unpaired) electrons. The normalized spacial score (nSPS) is 17.5. The van der Waals surface area contributed by atoms with Gasteiger partial charge in [0, 0.05) is 18.7 Å². The predicted molar refractivity (Wildman–Crippen MR) is 199 cm³/mol.